The summed E-state index contributed by atoms with van der Waals surface area (Å²) in [7, 11) is 0. The van der Waals surface area contributed by atoms with Gasteiger partial charge in [-0.3, -0.25) is 14.4 Å². The van der Waals surface area contributed by atoms with Crippen molar-refractivity contribution in [2.75, 3.05) is 0 Å². The van der Waals surface area contributed by atoms with Crippen LogP contribution in [0.1, 0.15) is 267 Å². The lowest BCUT2D eigenvalue weighted by molar-refractivity contribution is -0.590. The molecule has 9 saturated carbocycles. The molecule has 3 aromatic rings. The van der Waals surface area contributed by atoms with Crippen LogP contribution in [0, 0.1) is 71.0 Å². The first-order valence-electron chi connectivity index (χ1n) is 32.9. The van der Waals surface area contributed by atoms with Crippen molar-refractivity contribution in [3.63, 3.8) is 0 Å². The number of esters is 1. The molecule has 16 atom stereocenters. The maximum absolute atomic E-state index is 12.1. The van der Waals surface area contributed by atoms with Crippen molar-refractivity contribution in [1.29, 1.82) is 0 Å². The number of ether oxygens (including phenoxy) is 1. The van der Waals surface area contributed by atoms with E-state index in [0.29, 0.717) is 58.4 Å². The molecular formula is C74H116O10. The fourth-order valence-electron chi connectivity index (χ4n) is 18.8. The number of fused-ring (bicyclic) bond motifs is 8. The van der Waals surface area contributed by atoms with Gasteiger partial charge in [0.05, 0.1) is 0 Å². The average molecular weight is 1170 g/mol. The van der Waals surface area contributed by atoms with Crippen LogP contribution in [0.5, 0.6) is 17.2 Å². The summed E-state index contributed by atoms with van der Waals surface area (Å²) >= 11 is 0. The standard InChI is InChI=1S/C23H30O4.C21H28O3.C13H20O.C8H8O2.3C2H6.3CH4/c1-15(24)25-19-10-5-8-17(14-19)22(2)23(27-26-22)18-9-6-12-21(23)20-11-4-3-7-16(20)13-18;1-20(15-7-4-9-17(22)13-15)21(24-23-20)16-8-5-11-19(21)18-10-3-2-6-14(18)12-16;14-13-10-5-3-7-12(13)11-6-2-1-4-9(11)8-10;1-6(9)7-3-2-4-8(10)5-7;3*1-2;;;/h5,8,10,14,16,18,20-21H,3-4,6-7,9,11-13H2,1-2H3;4,7,9,13-14,16,18-19,22H,2-3,5-6,8,10-12H2,1H3;9-12H,1-8H2;2-5,10H,1H3;3*1-2H3;3*1H4. The molecule has 2 saturated heterocycles. The number of ketones is 2. The normalized spacial score (nSPS) is 36.4. The predicted molar refractivity (Wildman–Crippen MR) is 340 cm³/mol. The lowest BCUT2D eigenvalue weighted by atomic mass is 9.46. The number of phenols is 2. The van der Waals surface area contributed by atoms with Crippen molar-refractivity contribution in [2.45, 2.75) is 268 Å². The molecule has 2 aliphatic heterocycles. The van der Waals surface area contributed by atoms with Gasteiger partial charge in [-0.15, -0.1) is 0 Å². The highest BCUT2D eigenvalue weighted by Crippen LogP contribution is 2.69. The SMILES string of the molecule is C.C.C.CC.CC.CC.CC(=O)Oc1cccc(C2(C)OOC23C2CCCC3C3CCCCC3C2)c1.CC(=O)c1cccc(O)c1.CC1(c2cccc(O)c2)OOC12C1CCCC2C2CCCCC2C1.O=C1C2CCCC1C1CCCCC1C2. The van der Waals surface area contributed by atoms with Crippen LogP contribution in [0.2, 0.25) is 0 Å². The van der Waals surface area contributed by atoms with E-state index in [-0.39, 0.29) is 51.0 Å². The first-order valence-corrected chi connectivity index (χ1v) is 32.9. The molecule has 3 aromatic carbocycles. The minimum Gasteiger partial charge on any atom is -0.508 e. The lowest BCUT2D eigenvalue weighted by Crippen LogP contribution is -2.74. The molecule has 10 heteroatoms. The van der Waals surface area contributed by atoms with Gasteiger partial charge in [-0.1, -0.05) is 177 Å². The summed E-state index contributed by atoms with van der Waals surface area (Å²) in [4.78, 5) is 58.2. The van der Waals surface area contributed by atoms with E-state index in [1.54, 1.807) is 18.2 Å². The van der Waals surface area contributed by atoms with Crippen LogP contribution in [-0.2, 0) is 40.3 Å². The summed E-state index contributed by atoms with van der Waals surface area (Å²) in [5, 5.41) is 18.9. The van der Waals surface area contributed by atoms with Crippen LogP contribution >= 0.6 is 0 Å². The Morgan fingerprint density at radius 1 is 0.488 bits per heavy atom. The van der Waals surface area contributed by atoms with Gasteiger partial charge >= 0.3 is 5.97 Å². The van der Waals surface area contributed by atoms with Crippen LogP contribution in [0.4, 0.5) is 0 Å². The van der Waals surface area contributed by atoms with Gasteiger partial charge in [-0.2, -0.15) is 0 Å². The molecule has 16 unspecified atom stereocenters. The Kier molecular flexibility index (Phi) is 26.2. The van der Waals surface area contributed by atoms with Crippen molar-refractivity contribution in [1.82, 2.24) is 0 Å². The number of hydrogen-bond acceptors (Lipinski definition) is 10. The van der Waals surface area contributed by atoms with Gasteiger partial charge in [0.2, 0.25) is 0 Å². The Labute approximate surface area is 509 Å². The molecule has 10 nitrogen and oxygen atoms in total. The summed E-state index contributed by atoms with van der Waals surface area (Å²) in [5.41, 5.74) is 1.38. The Morgan fingerprint density at radius 3 is 1.38 bits per heavy atom. The van der Waals surface area contributed by atoms with Crippen LogP contribution in [0.15, 0.2) is 72.8 Å². The van der Waals surface area contributed by atoms with Crippen LogP contribution < -0.4 is 4.74 Å². The molecule has 11 aliphatic rings. The molecule has 14 rings (SSSR count). The van der Waals surface area contributed by atoms with Crippen molar-refractivity contribution in [3.05, 3.63) is 89.5 Å². The van der Waals surface area contributed by atoms with E-state index in [9.17, 15) is 19.5 Å². The molecule has 472 valence electrons. The summed E-state index contributed by atoms with van der Waals surface area (Å²) in [6, 6.07) is 21.8. The lowest BCUT2D eigenvalue weighted by Gasteiger charge is -2.68. The van der Waals surface area contributed by atoms with Gasteiger partial charge in [0, 0.05) is 24.3 Å². The quantitative estimate of drug-likeness (QED) is 0.112. The Bertz CT molecular complexity index is 2540. The predicted octanol–water partition coefficient (Wildman–Crippen LogP) is 19.9. The van der Waals surface area contributed by atoms with Crippen molar-refractivity contribution < 1.29 is 48.9 Å². The third kappa shape index (κ3) is 13.5. The molecular weight excluding hydrogens is 1050 g/mol. The number of carbonyl (C=O) groups is 3. The number of rotatable bonds is 4. The first-order chi connectivity index (χ1) is 39.3. The Hall–Kier alpha value is -4.09. The summed E-state index contributed by atoms with van der Waals surface area (Å²) < 4.78 is 5.34. The zero-order chi connectivity index (χ0) is 58.1. The maximum atomic E-state index is 12.1. The number of phenolic OH excluding ortho intramolecular Hbond substituents is 2. The van der Waals surface area contributed by atoms with E-state index < -0.39 is 11.2 Å². The molecule has 6 bridgehead atoms. The monoisotopic (exact) mass is 1160 g/mol. The number of hydrogen-bond donors (Lipinski definition) is 2. The molecule has 9 aliphatic carbocycles. The van der Waals surface area contributed by atoms with Crippen LogP contribution in [0.3, 0.4) is 0 Å². The maximum Gasteiger partial charge on any atom is 0.308 e. The smallest absolute Gasteiger partial charge is 0.308 e. The minimum atomic E-state index is -0.471. The van der Waals surface area contributed by atoms with Gasteiger partial charge in [-0.25, -0.2) is 19.6 Å². The third-order valence-corrected chi connectivity index (χ3v) is 22.0. The molecule has 0 radical (unpaired) electrons. The summed E-state index contributed by atoms with van der Waals surface area (Å²) in [6.07, 6.45) is 31.9. The fourth-order valence-corrected chi connectivity index (χ4v) is 18.8. The number of benzene rings is 3. The minimum absolute atomic E-state index is 0. The zero-order valence-corrected chi connectivity index (χ0v) is 51.5. The van der Waals surface area contributed by atoms with Crippen molar-refractivity contribution >= 4 is 17.5 Å². The number of carbonyl (C=O) groups excluding carboxylic acids is 3. The van der Waals surface area contributed by atoms with Gasteiger partial charge in [0.1, 0.15) is 34.2 Å². The topological polar surface area (TPSA) is 138 Å². The molecule has 2 heterocycles. The molecule has 2 spiro atoms. The van der Waals surface area contributed by atoms with E-state index in [1.807, 2.05) is 71.9 Å². The highest BCUT2D eigenvalue weighted by molar-refractivity contribution is 5.94. The second kappa shape index (κ2) is 31.2. The van der Waals surface area contributed by atoms with Crippen molar-refractivity contribution in [3.8, 4) is 17.2 Å². The highest BCUT2D eigenvalue weighted by atomic mass is 17.3. The number of aromatic hydroxyl groups is 2. The Balaban J connectivity index is 0.000000207. The van der Waals surface area contributed by atoms with E-state index in [4.69, 9.17) is 29.4 Å². The van der Waals surface area contributed by atoms with Crippen molar-refractivity contribution in [2.24, 2.45) is 71.0 Å². The second-order valence-corrected chi connectivity index (χ2v) is 25.7. The highest BCUT2D eigenvalue weighted by Gasteiger charge is 2.74. The largest absolute Gasteiger partial charge is 0.508 e. The first kappa shape index (κ1) is 70.7. The molecule has 2 N–H and O–H groups in total. The summed E-state index contributed by atoms with van der Waals surface area (Å²) in [6.45, 7) is 19.3. The van der Waals surface area contributed by atoms with Gasteiger partial charge in [0.25, 0.3) is 0 Å². The van der Waals surface area contributed by atoms with Crippen LogP contribution in [0.25, 0.3) is 0 Å². The number of Topliss-reactive ketones (excluding diaryl/α,β-unsaturated/α-hetero) is 2. The molecule has 11 fully saturated rings. The van der Waals surface area contributed by atoms with Gasteiger partial charge in [-0.05, 0) is 205 Å². The Morgan fingerprint density at radius 2 is 0.929 bits per heavy atom. The van der Waals surface area contributed by atoms with Crippen LogP contribution in [-0.4, -0.2) is 39.0 Å². The second-order valence-electron chi connectivity index (χ2n) is 25.7. The van der Waals surface area contributed by atoms with E-state index in [0.717, 1.165) is 46.6 Å². The fraction of sp³-hybridized carbons (Fsp3) is 0.716. The van der Waals surface area contributed by atoms with E-state index in [2.05, 4.69) is 26.0 Å². The zero-order valence-electron chi connectivity index (χ0n) is 51.5. The third-order valence-electron chi connectivity index (χ3n) is 22.0. The van der Waals surface area contributed by atoms with E-state index in [1.165, 1.54) is 180 Å². The van der Waals surface area contributed by atoms with Gasteiger partial charge in [0.15, 0.2) is 17.0 Å². The summed E-state index contributed by atoms with van der Waals surface area (Å²) in [5.74, 6) is 9.75. The van der Waals surface area contributed by atoms with Gasteiger partial charge < -0.3 is 14.9 Å². The molecule has 0 amide bonds. The van der Waals surface area contributed by atoms with E-state index >= 15 is 0 Å². The molecule has 0 aromatic heterocycles. The molecule has 84 heavy (non-hydrogen) atoms. The average Bonchev–Trinajstić information content (AvgIpc) is 0.737.